The number of rotatable bonds is 4. The second-order valence-electron chi connectivity index (χ2n) is 5.15. The summed E-state index contributed by atoms with van der Waals surface area (Å²) in [5.74, 6) is 0.929. The van der Waals surface area contributed by atoms with E-state index in [1.165, 1.54) is 16.3 Å². The Kier molecular flexibility index (Phi) is 3.48. The van der Waals surface area contributed by atoms with Crippen LogP contribution in [0.5, 0.6) is 0 Å². The molecule has 0 saturated heterocycles. The van der Waals surface area contributed by atoms with Gasteiger partial charge in [0.1, 0.15) is 12.2 Å². The van der Waals surface area contributed by atoms with Crippen molar-refractivity contribution in [3.8, 4) is 0 Å². The van der Waals surface area contributed by atoms with Gasteiger partial charge in [0.15, 0.2) is 0 Å². The highest BCUT2D eigenvalue weighted by Gasteiger charge is 2.09. The summed E-state index contributed by atoms with van der Waals surface area (Å²) in [6.45, 7) is 0. The van der Waals surface area contributed by atoms with Crippen molar-refractivity contribution in [2.75, 3.05) is 0 Å². The van der Waals surface area contributed by atoms with Gasteiger partial charge in [0.05, 0.1) is 0 Å². The number of benzene rings is 2. The fraction of sp³-hybridized carbons (Fsp3) is 0.250. The van der Waals surface area contributed by atoms with Gasteiger partial charge in [-0.2, -0.15) is 5.10 Å². The van der Waals surface area contributed by atoms with Crippen molar-refractivity contribution in [1.82, 2.24) is 14.8 Å². The van der Waals surface area contributed by atoms with Gasteiger partial charge >= 0.3 is 0 Å². The van der Waals surface area contributed by atoms with Crippen LogP contribution in [0.2, 0.25) is 0 Å². The van der Waals surface area contributed by atoms with Crippen molar-refractivity contribution in [2.24, 2.45) is 12.8 Å². The first-order valence-corrected chi connectivity index (χ1v) is 6.78. The predicted octanol–water partition coefficient (Wildman–Crippen LogP) is 2.08. The molecule has 1 aromatic heterocycles. The van der Waals surface area contributed by atoms with Crippen molar-refractivity contribution < 1.29 is 0 Å². The van der Waals surface area contributed by atoms with Crippen LogP contribution in [0.1, 0.15) is 11.4 Å². The van der Waals surface area contributed by atoms with Gasteiger partial charge in [0, 0.05) is 19.5 Å². The van der Waals surface area contributed by atoms with E-state index >= 15 is 0 Å². The van der Waals surface area contributed by atoms with E-state index in [-0.39, 0.29) is 6.04 Å². The highest BCUT2D eigenvalue weighted by molar-refractivity contribution is 5.82. The Morgan fingerprint density at radius 1 is 1.10 bits per heavy atom. The molecular weight excluding hydrogens is 248 g/mol. The van der Waals surface area contributed by atoms with E-state index in [1.807, 2.05) is 7.05 Å². The number of aromatic nitrogens is 3. The Labute approximate surface area is 118 Å². The lowest BCUT2D eigenvalue weighted by atomic mass is 10.0. The Morgan fingerprint density at radius 3 is 2.65 bits per heavy atom. The minimum Gasteiger partial charge on any atom is -0.327 e. The summed E-state index contributed by atoms with van der Waals surface area (Å²) in [7, 11) is 1.89. The molecule has 1 unspecified atom stereocenters. The maximum Gasteiger partial charge on any atom is 0.138 e. The number of fused-ring (bicyclic) bond motifs is 1. The first-order chi connectivity index (χ1) is 9.72. The molecule has 0 radical (unpaired) electrons. The molecule has 0 aliphatic carbocycles. The minimum absolute atomic E-state index is 0.0547. The minimum atomic E-state index is 0.0547. The molecule has 2 N–H and O–H groups in total. The van der Waals surface area contributed by atoms with Crippen molar-refractivity contribution in [3.05, 3.63) is 60.2 Å². The van der Waals surface area contributed by atoms with E-state index < -0.39 is 0 Å². The third kappa shape index (κ3) is 2.70. The summed E-state index contributed by atoms with van der Waals surface area (Å²) >= 11 is 0. The number of nitrogens with two attached hydrogens (primary N) is 1. The van der Waals surface area contributed by atoms with Crippen LogP contribution in [-0.2, 0) is 19.9 Å². The van der Waals surface area contributed by atoms with Crippen LogP contribution in [-0.4, -0.2) is 20.8 Å². The third-order valence-corrected chi connectivity index (χ3v) is 3.56. The Bertz CT molecular complexity index is 717. The molecule has 3 aromatic rings. The fourth-order valence-electron chi connectivity index (χ4n) is 2.48. The van der Waals surface area contributed by atoms with E-state index in [0.29, 0.717) is 0 Å². The van der Waals surface area contributed by atoms with Gasteiger partial charge in [-0.25, -0.2) is 4.98 Å². The van der Waals surface area contributed by atoms with Crippen molar-refractivity contribution >= 4 is 10.8 Å². The van der Waals surface area contributed by atoms with E-state index in [9.17, 15) is 0 Å². The average Bonchev–Trinajstić information content (AvgIpc) is 2.84. The lowest BCUT2D eigenvalue weighted by Crippen LogP contribution is -2.27. The van der Waals surface area contributed by atoms with Crippen LogP contribution in [0.3, 0.4) is 0 Å². The number of hydrogen-bond acceptors (Lipinski definition) is 3. The Balaban J connectivity index is 1.74. The van der Waals surface area contributed by atoms with E-state index in [0.717, 1.165) is 18.7 Å². The van der Waals surface area contributed by atoms with Gasteiger partial charge in [-0.1, -0.05) is 42.5 Å². The molecule has 1 heterocycles. The third-order valence-electron chi connectivity index (χ3n) is 3.56. The number of nitrogens with zero attached hydrogens (tertiary/aromatic N) is 3. The molecule has 20 heavy (non-hydrogen) atoms. The molecule has 0 saturated carbocycles. The molecule has 0 amide bonds. The van der Waals surface area contributed by atoms with Crippen LogP contribution in [0.15, 0.2) is 48.8 Å². The quantitative estimate of drug-likeness (QED) is 0.786. The standard InChI is InChI=1S/C16H18N4/c1-20-16(18-11-19-20)10-15(17)9-12-6-7-13-4-2-3-5-14(13)8-12/h2-8,11,15H,9-10,17H2,1H3. The van der Waals surface area contributed by atoms with Gasteiger partial charge in [-0.05, 0) is 22.8 Å². The van der Waals surface area contributed by atoms with Crippen molar-refractivity contribution in [1.29, 1.82) is 0 Å². The summed E-state index contributed by atoms with van der Waals surface area (Å²) in [6, 6.07) is 14.9. The molecular formula is C16H18N4. The zero-order valence-corrected chi connectivity index (χ0v) is 11.5. The van der Waals surface area contributed by atoms with Crippen molar-refractivity contribution in [2.45, 2.75) is 18.9 Å². The summed E-state index contributed by atoms with van der Waals surface area (Å²) in [6.07, 6.45) is 3.15. The fourth-order valence-corrected chi connectivity index (χ4v) is 2.48. The molecule has 1 atom stereocenters. The predicted molar refractivity (Wildman–Crippen MR) is 80.3 cm³/mol. The first-order valence-electron chi connectivity index (χ1n) is 6.78. The Morgan fingerprint density at radius 2 is 1.90 bits per heavy atom. The monoisotopic (exact) mass is 266 g/mol. The molecule has 4 heteroatoms. The van der Waals surface area contributed by atoms with Crippen molar-refractivity contribution in [3.63, 3.8) is 0 Å². The summed E-state index contributed by atoms with van der Waals surface area (Å²) in [5.41, 5.74) is 7.49. The molecule has 2 aromatic carbocycles. The van der Waals surface area contributed by atoms with E-state index in [4.69, 9.17) is 5.73 Å². The van der Waals surface area contributed by atoms with Gasteiger partial charge in [0.25, 0.3) is 0 Å². The van der Waals surface area contributed by atoms with Gasteiger partial charge < -0.3 is 5.73 Å². The molecule has 0 fully saturated rings. The molecule has 0 aliphatic heterocycles. The topological polar surface area (TPSA) is 56.7 Å². The highest BCUT2D eigenvalue weighted by atomic mass is 15.3. The van der Waals surface area contributed by atoms with Gasteiger partial charge in [-0.15, -0.1) is 0 Å². The average molecular weight is 266 g/mol. The SMILES string of the molecule is Cn1ncnc1CC(N)Cc1ccc2ccccc2c1. The summed E-state index contributed by atoms with van der Waals surface area (Å²) in [4.78, 5) is 4.22. The zero-order valence-electron chi connectivity index (χ0n) is 11.5. The molecule has 0 bridgehead atoms. The van der Waals surface area contributed by atoms with E-state index in [2.05, 4.69) is 52.5 Å². The second kappa shape index (κ2) is 5.43. The van der Waals surface area contributed by atoms with Gasteiger partial charge in [-0.3, -0.25) is 4.68 Å². The number of hydrogen-bond donors (Lipinski definition) is 1. The maximum absolute atomic E-state index is 6.23. The molecule has 102 valence electrons. The van der Waals surface area contributed by atoms with Crippen LogP contribution >= 0.6 is 0 Å². The molecule has 3 rings (SSSR count). The zero-order chi connectivity index (χ0) is 13.9. The van der Waals surface area contributed by atoms with E-state index in [1.54, 1.807) is 11.0 Å². The van der Waals surface area contributed by atoms with Crippen LogP contribution in [0.25, 0.3) is 10.8 Å². The number of aryl methyl sites for hydroxylation is 1. The molecule has 0 spiro atoms. The highest BCUT2D eigenvalue weighted by Crippen LogP contribution is 2.16. The molecule has 0 aliphatic rings. The Hall–Kier alpha value is -2.20. The lowest BCUT2D eigenvalue weighted by Gasteiger charge is -2.11. The van der Waals surface area contributed by atoms with Crippen LogP contribution in [0.4, 0.5) is 0 Å². The van der Waals surface area contributed by atoms with Crippen LogP contribution < -0.4 is 5.73 Å². The van der Waals surface area contributed by atoms with Gasteiger partial charge in [0.2, 0.25) is 0 Å². The maximum atomic E-state index is 6.23. The summed E-state index contributed by atoms with van der Waals surface area (Å²) < 4.78 is 1.78. The first kappa shape index (κ1) is 12.8. The van der Waals surface area contributed by atoms with Crippen LogP contribution in [0, 0.1) is 0 Å². The second-order valence-corrected chi connectivity index (χ2v) is 5.15. The smallest absolute Gasteiger partial charge is 0.138 e. The largest absolute Gasteiger partial charge is 0.327 e. The lowest BCUT2D eigenvalue weighted by molar-refractivity contribution is 0.603. The normalized spacial score (nSPS) is 12.7. The molecule has 4 nitrogen and oxygen atoms in total. The summed E-state index contributed by atoms with van der Waals surface area (Å²) in [5, 5.41) is 6.59.